The Labute approximate surface area is 158 Å². The second kappa shape index (κ2) is 9.22. The molecule has 2 aromatic rings. The van der Waals surface area contributed by atoms with Crippen LogP contribution < -0.4 is 5.32 Å². The van der Waals surface area contributed by atoms with Gasteiger partial charge in [-0.05, 0) is 45.1 Å². The zero-order chi connectivity index (χ0) is 18.4. The molecule has 0 aliphatic heterocycles. The number of amides is 1. The van der Waals surface area contributed by atoms with Crippen molar-refractivity contribution >= 4 is 29.1 Å². The van der Waals surface area contributed by atoms with Gasteiger partial charge in [0.25, 0.3) is 5.91 Å². The summed E-state index contributed by atoms with van der Waals surface area (Å²) < 4.78 is 5.22. The van der Waals surface area contributed by atoms with E-state index in [4.69, 9.17) is 27.7 Å². The molecule has 0 radical (unpaired) electrons. The average Bonchev–Trinajstić information content (AvgIpc) is 2.96. The van der Waals surface area contributed by atoms with Crippen LogP contribution in [0.2, 0.25) is 10.0 Å². The number of halogens is 2. The maximum absolute atomic E-state index is 12.6. The molecule has 0 unspecified atom stereocenters. The maximum atomic E-state index is 12.6. The molecule has 0 atom stereocenters. The average molecular weight is 384 g/mol. The van der Waals surface area contributed by atoms with E-state index in [2.05, 4.69) is 29.2 Å². The SMILES string of the molecule is CCN(CC)CCCNC(=O)c1c(-c2c(Cl)cccc2Cl)noc1C. The van der Waals surface area contributed by atoms with Crippen LogP contribution in [-0.2, 0) is 0 Å². The van der Waals surface area contributed by atoms with E-state index in [0.29, 0.717) is 39.2 Å². The Morgan fingerprint density at radius 1 is 1.24 bits per heavy atom. The molecule has 0 bridgehead atoms. The summed E-state index contributed by atoms with van der Waals surface area (Å²) in [6.45, 7) is 9.49. The molecule has 0 fully saturated rings. The molecule has 7 heteroatoms. The van der Waals surface area contributed by atoms with Gasteiger partial charge in [0.2, 0.25) is 0 Å². The summed E-state index contributed by atoms with van der Waals surface area (Å²) >= 11 is 12.5. The molecule has 0 aliphatic rings. The highest BCUT2D eigenvalue weighted by molar-refractivity contribution is 6.39. The summed E-state index contributed by atoms with van der Waals surface area (Å²) in [5.41, 5.74) is 1.25. The van der Waals surface area contributed by atoms with Crippen molar-refractivity contribution in [1.82, 2.24) is 15.4 Å². The lowest BCUT2D eigenvalue weighted by Gasteiger charge is -2.17. The molecular formula is C18H23Cl2N3O2. The van der Waals surface area contributed by atoms with Crippen molar-refractivity contribution in [2.24, 2.45) is 0 Å². The minimum Gasteiger partial charge on any atom is -0.360 e. The molecule has 0 aliphatic carbocycles. The Bertz CT molecular complexity index is 707. The molecule has 1 amide bonds. The van der Waals surface area contributed by atoms with Crippen LogP contribution in [-0.4, -0.2) is 42.1 Å². The van der Waals surface area contributed by atoms with Gasteiger partial charge in [-0.2, -0.15) is 0 Å². The van der Waals surface area contributed by atoms with E-state index in [9.17, 15) is 4.79 Å². The predicted octanol–water partition coefficient (Wildman–Crippen LogP) is 4.42. The van der Waals surface area contributed by atoms with Gasteiger partial charge in [0.1, 0.15) is 17.0 Å². The van der Waals surface area contributed by atoms with Gasteiger partial charge in [0, 0.05) is 12.1 Å². The van der Waals surface area contributed by atoms with Crippen molar-refractivity contribution < 1.29 is 9.32 Å². The first-order valence-electron chi connectivity index (χ1n) is 8.40. The molecule has 1 heterocycles. The van der Waals surface area contributed by atoms with E-state index in [1.165, 1.54) is 0 Å². The third-order valence-corrected chi connectivity index (χ3v) is 4.75. The maximum Gasteiger partial charge on any atom is 0.257 e. The number of aryl methyl sites for hydroxylation is 1. The lowest BCUT2D eigenvalue weighted by Crippen LogP contribution is -2.30. The molecule has 0 saturated carbocycles. The quantitative estimate of drug-likeness (QED) is 0.685. The van der Waals surface area contributed by atoms with E-state index >= 15 is 0 Å². The highest BCUT2D eigenvalue weighted by atomic mass is 35.5. The van der Waals surface area contributed by atoms with Crippen LogP contribution >= 0.6 is 23.2 Å². The summed E-state index contributed by atoms with van der Waals surface area (Å²) in [7, 11) is 0. The largest absolute Gasteiger partial charge is 0.360 e. The summed E-state index contributed by atoms with van der Waals surface area (Å²) in [6.07, 6.45) is 0.875. The summed E-state index contributed by atoms with van der Waals surface area (Å²) in [6, 6.07) is 5.16. The molecule has 1 aromatic heterocycles. The molecule has 136 valence electrons. The fourth-order valence-electron chi connectivity index (χ4n) is 2.67. The second-order valence-electron chi connectivity index (χ2n) is 5.70. The predicted molar refractivity (Wildman–Crippen MR) is 101 cm³/mol. The molecule has 2 rings (SSSR count). The van der Waals surface area contributed by atoms with Gasteiger partial charge in [0.05, 0.1) is 10.0 Å². The van der Waals surface area contributed by atoms with Crippen molar-refractivity contribution in [3.63, 3.8) is 0 Å². The normalized spacial score (nSPS) is 11.1. The number of rotatable bonds is 8. The van der Waals surface area contributed by atoms with Gasteiger partial charge in [-0.3, -0.25) is 4.79 Å². The zero-order valence-corrected chi connectivity index (χ0v) is 16.2. The van der Waals surface area contributed by atoms with Crippen LogP contribution in [0.1, 0.15) is 36.4 Å². The van der Waals surface area contributed by atoms with Crippen LogP contribution in [0.4, 0.5) is 0 Å². The molecule has 0 saturated heterocycles. The Morgan fingerprint density at radius 2 is 1.88 bits per heavy atom. The monoisotopic (exact) mass is 383 g/mol. The fraction of sp³-hybridized carbons (Fsp3) is 0.444. The first-order chi connectivity index (χ1) is 12.0. The minimum atomic E-state index is -0.232. The smallest absolute Gasteiger partial charge is 0.257 e. The summed E-state index contributed by atoms with van der Waals surface area (Å²) in [5.74, 6) is 0.205. The molecular weight excluding hydrogens is 361 g/mol. The lowest BCUT2D eigenvalue weighted by atomic mass is 10.1. The highest BCUT2D eigenvalue weighted by Crippen LogP contribution is 2.36. The number of carbonyl (C=O) groups excluding carboxylic acids is 1. The number of benzene rings is 1. The Kier molecular flexibility index (Phi) is 7.29. The van der Waals surface area contributed by atoms with Gasteiger partial charge in [-0.1, -0.05) is 48.3 Å². The highest BCUT2D eigenvalue weighted by Gasteiger charge is 2.24. The third-order valence-electron chi connectivity index (χ3n) is 4.12. The Balaban J connectivity index is 2.12. The summed E-state index contributed by atoms with van der Waals surface area (Å²) in [5, 5.41) is 7.78. The van der Waals surface area contributed by atoms with Crippen LogP contribution in [0.25, 0.3) is 11.3 Å². The van der Waals surface area contributed by atoms with Crippen LogP contribution in [0.5, 0.6) is 0 Å². The minimum absolute atomic E-state index is 0.232. The van der Waals surface area contributed by atoms with Gasteiger partial charge in [-0.25, -0.2) is 0 Å². The molecule has 5 nitrogen and oxygen atoms in total. The molecule has 25 heavy (non-hydrogen) atoms. The number of hydrogen-bond donors (Lipinski definition) is 1. The van der Waals surface area contributed by atoms with E-state index in [1.807, 2.05) is 0 Å². The first kappa shape index (κ1) is 19.8. The van der Waals surface area contributed by atoms with E-state index in [1.54, 1.807) is 25.1 Å². The number of nitrogens with one attached hydrogen (secondary N) is 1. The molecule has 1 N–H and O–H groups in total. The second-order valence-corrected chi connectivity index (χ2v) is 6.51. The number of hydrogen-bond acceptors (Lipinski definition) is 4. The van der Waals surface area contributed by atoms with E-state index in [0.717, 1.165) is 26.1 Å². The van der Waals surface area contributed by atoms with Crippen LogP contribution in [0.15, 0.2) is 22.7 Å². The van der Waals surface area contributed by atoms with Crippen molar-refractivity contribution in [3.05, 3.63) is 39.6 Å². The van der Waals surface area contributed by atoms with Crippen LogP contribution in [0, 0.1) is 6.92 Å². The van der Waals surface area contributed by atoms with Crippen molar-refractivity contribution in [3.8, 4) is 11.3 Å². The third kappa shape index (κ3) is 4.75. The Hall–Kier alpha value is -1.56. The molecule has 0 spiro atoms. The van der Waals surface area contributed by atoms with Crippen molar-refractivity contribution in [1.29, 1.82) is 0 Å². The van der Waals surface area contributed by atoms with Gasteiger partial charge < -0.3 is 14.7 Å². The van der Waals surface area contributed by atoms with Crippen molar-refractivity contribution in [2.75, 3.05) is 26.2 Å². The van der Waals surface area contributed by atoms with E-state index in [-0.39, 0.29) is 5.91 Å². The van der Waals surface area contributed by atoms with Crippen molar-refractivity contribution in [2.45, 2.75) is 27.2 Å². The van der Waals surface area contributed by atoms with E-state index < -0.39 is 0 Å². The molecule has 1 aromatic carbocycles. The Morgan fingerprint density at radius 3 is 2.48 bits per heavy atom. The topological polar surface area (TPSA) is 58.4 Å². The zero-order valence-electron chi connectivity index (χ0n) is 14.7. The van der Waals surface area contributed by atoms with Gasteiger partial charge >= 0.3 is 0 Å². The number of aromatic nitrogens is 1. The first-order valence-corrected chi connectivity index (χ1v) is 9.16. The van der Waals surface area contributed by atoms with Gasteiger partial charge in [0.15, 0.2) is 0 Å². The lowest BCUT2D eigenvalue weighted by molar-refractivity contribution is 0.0951. The summed E-state index contributed by atoms with van der Waals surface area (Å²) in [4.78, 5) is 14.9. The number of nitrogens with zero attached hydrogens (tertiary/aromatic N) is 2. The standard InChI is InChI=1S/C18H23Cl2N3O2/c1-4-23(5-2)11-7-10-21-18(24)15-12(3)25-22-17(15)16-13(19)8-6-9-14(16)20/h6,8-9H,4-5,7,10-11H2,1-3H3,(H,21,24). The van der Waals surface area contributed by atoms with Gasteiger partial charge in [-0.15, -0.1) is 0 Å². The van der Waals surface area contributed by atoms with Crippen LogP contribution in [0.3, 0.4) is 0 Å². The fourth-order valence-corrected chi connectivity index (χ4v) is 3.24. The number of carbonyl (C=O) groups is 1.